The molecule has 1 amide bonds. The second-order valence-electron chi connectivity index (χ2n) is 5.80. The summed E-state index contributed by atoms with van der Waals surface area (Å²) >= 11 is 7.17. The maximum Gasteiger partial charge on any atom is 0.305 e. The largest absolute Gasteiger partial charge is 0.489 e. The van der Waals surface area contributed by atoms with E-state index in [1.165, 1.54) is 6.21 Å². The lowest BCUT2D eigenvalue weighted by Crippen LogP contribution is -2.26. The van der Waals surface area contributed by atoms with Gasteiger partial charge in [-0.2, -0.15) is 5.10 Å². The fourth-order valence-corrected chi connectivity index (χ4v) is 3.46. The number of nitrogens with one attached hydrogen (secondary N) is 1. The topological polar surface area (TPSA) is 100 Å². The highest BCUT2D eigenvalue weighted by atomic mass is 35.5. The minimum Gasteiger partial charge on any atom is -0.489 e. The zero-order chi connectivity index (χ0) is 19.9. The third kappa shape index (κ3) is 5.58. The smallest absolute Gasteiger partial charge is 0.305 e. The quantitative estimate of drug-likeness (QED) is 0.531. The molecule has 2 aromatic carbocycles. The molecule has 0 spiro atoms. The average molecular weight is 418 g/mol. The Labute approximate surface area is 170 Å². The number of hydrogen-bond donors (Lipinski definition) is 2. The van der Waals surface area contributed by atoms with Crippen molar-refractivity contribution >= 4 is 46.6 Å². The highest BCUT2D eigenvalue weighted by molar-refractivity contribution is 8.15. The second-order valence-corrected chi connectivity index (χ2v) is 7.39. The van der Waals surface area contributed by atoms with Crippen LogP contribution in [0.4, 0.5) is 0 Å². The van der Waals surface area contributed by atoms with Gasteiger partial charge in [0.1, 0.15) is 17.6 Å². The third-order valence-corrected chi connectivity index (χ3v) is 5.14. The Balaban J connectivity index is 1.59. The van der Waals surface area contributed by atoms with Gasteiger partial charge in [-0.15, -0.1) is 5.10 Å². The van der Waals surface area contributed by atoms with E-state index in [1.807, 2.05) is 42.5 Å². The van der Waals surface area contributed by atoms with Crippen LogP contribution in [0.15, 0.2) is 58.7 Å². The van der Waals surface area contributed by atoms with Gasteiger partial charge < -0.3 is 15.2 Å². The molecule has 0 radical (unpaired) electrons. The molecule has 1 saturated heterocycles. The molecule has 1 aliphatic rings. The van der Waals surface area contributed by atoms with Crippen LogP contribution in [0.25, 0.3) is 0 Å². The lowest BCUT2D eigenvalue weighted by Gasteiger charge is -2.08. The molecule has 9 heteroatoms. The highest BCUT2D eigenvalue weighted by Gasteiger charge is 2.32. The summed E-state index contributed by atoms with van der Waals surface area (Å²) in [6, 6.07) is 14.7. The van der Waals surface area contributed by atoms with Crippen LogP contribution in [0.2, 0.25) is 5.02 Å². The number of hydrogen-bond acceptors (Lipinski definition) is 6. The van der Waals surface area contributed by atoms with E-state index >= 15 is 0 Å². The van der Waals surface area contributed by atoms with Gasteiger partial charge in [-0.3, -0.25) is 9.59 Å². The van der Waals surface area contributed by atoms with Gasteiger partial charge >= 0.3 is 5.97 Å². The van der Waals surface area contributed by atoms with Gasteiger partial charge in [0, 0.05) is 10.6 Å². The number of benzene rings is 2. The van der Waals surface area contributed by atoms with Crippen LogP contribution >= 0.6 is 23.4 Å². The lowest BCUT2D eigenvalue weighted by molar-refractivity contribution is -0.138. The van der Waals surface area contributed by atoms with E-state index in [0.717, 1.165) is 22.9 Å². The summed E-state index contributed by atoms with van der Waals surface area (Å²) in [6.07, 6.45) is 1.26. The van der Waals surface area contributed by atoms with Crippen molar-refractivity contribution in [2.24, 2.45) is 10.2 Å². The third-order valence-electron chi connectivity index (χ3n) is 3.70. The number of rotatable bonds is 7. The van der Waals surface area contributed by atoms with E-state index in [4.69, 9.17) is 21.4 Å². The van der Waals surface area contributed by atoms with Crippen molar-refractivity contribution in [3.63, 3.8) is 0 Å². The minimum atomic E-state index is -1.04. The van der Waals surface area contributed by atoms with E-state index < -0.39 is 11.2 Å². The fourth-order valence-electron chi connectivity index (χ4n) is 2.35. The van der Waals surface area contributed by atoms with E-state index in [9.17, 15) is 9.59 Å². The summed E-state index contributed by atoms with van der Waals surface area (Å²) < 4.78 is 5.76. The molecular formula is C19H16ClN3O4S. The van der Waals surface area contributed by atoms with Crippen molar-refractivity contribution in [3.8, 4) is 5.75 Å². The first-order valence-electron chi connectivity index (χ1n) is 8.28. The van der Waals surface area contributed by atoms with E-state index in [2.05, 4.69) is 15.5 Å². The average Bonchev–Trinajstić information content (AvgIpc) is 3.00. The van der Waals surface area contributed by atoms with Crippen molar-refractivity contribution in [1.82, 2.24) is 5.32 Å². The fraction of sp³-hybridized carbons (Fsp3) is 0.158. The summed E-state index contributed by atoms with van der Waals surface area (Å²) in [5.41, 5.74) is 1.65. The van der Waals surface area contributed by atoms with Crippen molar-refractivity contribution in [2.75, 3.05) is 0 Å². The summed E-state index contributed by atoms with van der Waals surface area (Å²) in [4.78, 5) is 22.4. The number of thioether (sulfide) groups is 1. The van der Waals surface area contributed by atoms with E-state index in [1.54, 1.807) is 6.07 Å². The number of carbonyl (C=O) groups excluding carboxylic acids is 1. The highest BCUT2D eigenvalue weighted by Crippen LogP contribution is 2.22. The molecule has 1 aliphatic heterocycles. The predicted molar refractivity (Wildman–Crippen MR) is 109 cm³/mol. The Kier molecular flexibility index (Phi) is 6.67. The Morgan fingerprint density at radius 1 is 1.29 bits per heavy atom. The number of amides is 1. The number of amidine groups is 1. The molecule has 7 nitrogen and oxygen atoms in total. The molecule has 144 valence electrons. The number of halogens is 1. The van der Waals surface area contributed by atoms with Crippen LogP contribution < -0.4 is 10.1 Å². The number of carboxylic acids is 1. The summed E-state index contributed by atoms with van der Waals surface area (Å²) in [5, 5.41) is 19.4. The number of nitrogens with zero attached hydrogens (tertiary/aromatic N) is 2. The number of ether oxygens (including phenoxy) is 1. The normalized spacial score (nSPS) is 17.8. The summed E-state index contributed by atoms with van der Waals surface area (Å²) in [6.45, 7) is 0.343. The molecule has 0 unspecified atom stereocenters. The maximum absolute atomic E-state index is 11.7. The van der Waals surface area contributed by atoms with Crippen LogP contribution in [-0.4, -0.2) is 33.6 Å². The molecule has 1 atom stereocenters. The first kappa shape index (κ1) is 19.9. The zero-order valence-corrected chi connectivity index (χ0v) is 16.1. The van der Waals surface area contributed by atoms with Crippen LogP contribution in [0.5, 0.6) is 5.75 Å². The van der Waals surface area contributed by atoms with Gasteiger partial charge in [-0.1, -0.05) is 53.7 Å². The standard InChI is InChI=1S/C19H16ClN3O4S/c20-15-7-2-1-5-13(15)11-27-14-6-3-4-12(8-14)10-21-23-19-22-18(26)16(28-19)9-17(24)25/h1-8,10,16H,9,11H2,(H,24,25)(H,22,23,26)/b21-10-/t16-/m0/s1. The monoisotopic (exact) mass is 417 g/mol. The van der Waals surface area contributed by atoms with Gasteiger partial charge in [0.05, 0.1) is 12.6 Å². The molecule has 0 saturated carbocycles. The van der Waals surface area contributed by atoms with Crippen molar-refractivity contribution < 1.29 is 19.4 Å². The Morgan fingerprint density at radius 3 is 2.89 bits per heavy atom. The van der Waals surface area contributed by atoms with Gasteiger partial charge in [0.15, 0.2) is 5.17 Å². The van der Waals surface area contributed by atoms with Crippen LogP contribution in [0.3, 0.4) is 0 Å². The number of aliphatic carboxylic acids is 1. The van der Waals surface area contributed by atoms with Crippen molar-refractivity contribution in [1.29, 1.82) is 0 Å². The van der Waals surface area contributed by atoms with Crippen LogP contribution in [0.1, 0.15) is 17.5 Å². The molecule has 2 N–H and O–H groups in total. The second kappa shape index (κ2) is 9.38. The first-order valence-corrected chi connectivity index (χ1v) is 9.53. The zero-order valence-electron chi connectivity index (χ0n) is 14.5. The van der Waals surface area contributed by atoms with E-state index in [-0.39, 0.29) is 17.5 Å². The number of carbonyl (C=O) groups is 2. The summed E-state index contributed by atoms with van der Waals surface area (Å²) in [7, 11) is 0. The van der Waals surface area contributed by atoms with Crippen molar-refractivity contribution in [3.05, 3.63) is 64.7 Å². The molecule has 0 aromatic heterocycles. The Morgan fingerprint density at radius 2 is 2.11 bits per heavy atom. The van der Waals surface area contributed by atoms with Gasteiger partial charge in [0.2, 0.25) is 5.91 Å². The molecule has 0 bridgehead atoms. The predicted octanol–water partition coefficient (Wildman–Crippen LogP) is 3.32. The molecular weight excluding hydrogens is 402 g/mol. The summed E-state index contributed by atoms with van der Waals surface area (Å²) in [5.74, 6) is -0.760. The molecule has 2 aromatic rings. The van der Waals surface area contributed by atoms with Gasteiger partial charge in [-0.05, 0) is 23.8 Å². The van der Waals surface area contributed by atoms with Crippen molar-refractivity contribution in [2.45, 2.75) is 18.3 Å². The lowest BCUT2D eigenvalue weighted by atomic mass is 10.2. The molecule has 0 aliphatic carbocycles. The maximum atomic E-state index is 11.7. The Bertz CT molecular complexity index is 948. The Hall–Kier alpha value is -2.84. The molecule has 1 heterocycles. The molecule has 28 heavy (non-hydrogen) atoms. The van der Waals surface area contributed by atoms with E-state index in [0.29, 0.717) is 17.4 Å². The van der Waals surface area contributed by atoms with Gasteiger partial charge in [-0.25, -0.2) is 0 Å². The SMILES string of the molecule is O=C(O)C[C@@H]1S/C(=N\N=C/c2cccc(OCc3ccccc3Cl)c2)NC1=O. The van der Waals surface area contributed by atoms with Crippen LogP contribution in [0, 0.1) is 0 Å². The van der Waals surface area contributed by atoms with Crippen LogP contribution in [-0.2, 0) is 16.2 Å². The van der Waals surface area contributed by atoms with Gasteiger partial charge in [0.25, 0.3) is 0 Å². The molecule has 1 fully saturated rings. The molecule has 3 rings (SSSR count). The number of carboxylic acid groups (broad SMARTS) is 1. The first-order chi connectivity index (χ1) is 13.5. The minimum absolute atomic E-state index is 0.260.